The van der Waals surface area contributed by atoms with Gasteiger partial charge in [0, 0.05) is 43.6 Å². The van der Waals surface area contributed by atoms with Crippen LogP contribution < -0.4 is 20.4 Å². The first-order valence-corrected chi connectivity index (χ1v) is 9.66. The van der Waals surface area contributed by atoms with Crippen molar-refractivity contribution in [3.8, 4) is 0 Å². The van der Waals surface area contributed by atoms with E-state index in [-0.39, 0.29) is 5.82 Å². The number of carbonyl (C=O) groups is 1. The fourth-order valence-corrected chi connectivity index (χ4v) is 3.25. The zero-order valence-corrected chi connectivity index (χ0v) is 16.5. The third-order valence-corrected chi connectivity index (χ3v) is 4.95. The van der Waals surface area contributed by atoms with Crippen LogP contribution in [0.5, 0.6) is 0 Å². The number of urea groups is 1. The minimum atomic E-state index is -0.482. The average molecular weight is 407 g/mol. The van der Waals surface area contributed by atoms with E-state index in [1.807, 2.05) is 18.2 Å². The van der Waals surface area contributed by atoms with Crippen molar-refractivity contribution in [2.45, 2.75) is 6.92 Å². The molecule has 1 fully saturated rings. The third-order valence-electron chi connectivity index (χ3n) is 4.95. The Kier molecular flexibility index (Phi) is 5.69. The van der Waals surface area contributed by atoms with Crippen LogP contribution >= 0.6 is 0 Å². The molecule has 0 unspecified atom stereocenters. The van der Waals surface area contributed by atoms with Crippen molar-refractivity contribution >= 4 is 29.2 Å². The molecule has 4 rings (SSSR count). The van der Waals surface area contributed by atoms with Gasteiger partial charge in [-0.25, -0.2) is 24.1 Å². The number of pyridine rings is 1. The Labute approximate surface area is 173 Å². The summed E-state index contributed by atoms with van der Waals surface area (Å²) >= 11 is 0. The molecule has 2 aromatic heterocycles. The maximum atomic E-state index is 13.6. The normalized spacial score (nSPS) is 13.8. The van der Waals surface area contributed by atoms with E-state index in [0.29, 0.717) is 22.9 Å². The largest absolute Gasteiger partial charge is 0.353 e. The van der Waals surface area contributed by atoms with Crippen LogP contribution in [0.1, 0.15) is 5.56 Å². The molecule has 30 heavy (non-hydrogen) atoms. The van der Waals surface area contributed by atoms with Crippen molar-refractivity contribution in [1.82, 2.24) is 15.0 Å². The van der Waals surface area contributed by atoms with Crippen LogP contribution in [-0.2, 0) is 0 Å². The lowest BCUT2D eigenvalue weighted by molar-refractivity contribution is 0.262. The summed E-state index contributed by atoms with van der Waals surface area (Å²) in [6.07, 6.45) is 4.92. The van der Waals surface area contributed by atoms with E-state index in [0.717, 1.165) is 32.0 Å². The standard InChI is InChI=1S/C21H22FN7O/c1-15-17(22)5-4-6-18(15)27-21(30)26-16-13-24-20(25-14-16)29-11-9-28(10-12-29)19-7-2-3-8-23-19/h2-8,13-14H,9-12H2,1H3,(H2,26,27,30). The lowest BCUT2D eigenvalue weighted by atomic mass is 10.2. The number of rotatable bonds is 4. The molecule has 0 bridgehead atoms. The molecule has 154 valence electrons. The Bertz CT molecular complexity index is 1010. The second kappa shape index (κ2) is 8.73. The molecule has 3 heterocycles. The van der Waals surface area contributed by atoms with Crippen LogP contribution in [0.4, 0.5) is 32.3 Å². The zero-order valence-electron chi connectivity index (χ0n) is 16.5. The molecule has 0 radical (unpaired) electrons. The van der Waals surface area contributed by atoms with Gasteiger partial charge in [0.05, 0.1) is 18.1 Å². The molecule has 1 aliphatic heterocycles. The molecule has 0 atom stereocenters. The minimum Gasteiger partial charge on any atom is -0.353 e. The Balaban J connectivity index is 1.32. The molecule has 1 saturated heterocycles. The highest BCUT2D eigenvalue weighted by Crippen LogP contribution is 2.19. The Morgan fingerprint density at radius 3 is 2.37 bits per heavy atom. The van der Waals surface area contributed by atoms with Crippen LogP contribution in [0.15, 0.2) is 55.0 Å². The number of nitrogens with zero attached hydrogens (tertiary/aromatic N) is 5. The third kappa shape index (κ3) is 4.45. The summed E-state index contributed by atoms with van der Waals surface area (Å²) in [5, 5.41) is 5.29. The van der Waals surface area contributed by atoms with Gasteiger partial charge in [-0.15, -0.1) is 0 Å². The summed E-state index contributed by atoms with van der Waals surface area (Å²) in [4.78, 5) is 29.6. The molecule has 0 aliphatic carbocycles. The van der Waals surface area contributed by atoms with Gasteiger partial charge in [-0.1, -0.05) is 12.1 Å². The molecular formula is C21H22FN7O. The number of piperazine rings is 1. The Morgan fingerprint density at radius 2 is 1.67 bits per heavy atom. The van der Waals surface area contributed by atoms with E-state index in [9.17, 15) is 9.18 Å². The van der Waals surface area contributed by atoms with Crippen molar-refractivity contribution in [1.29, 1.82) is 0 Å². The summed E-state index contributed by atoms with van der Waals surface area (Å²) in [6, 6.07) is 9.94. The highest BCUT2D eigenvalue weighted by molar-refractivity contribution is 6.00. The molecular weight excluding hydrogens is 385 g/mol. The number of amides is 2. The van der Waals surface area contributed by atoms with E-state index < -0.39 is 6.03 Å². The van der Waals surface area contributed by atoms with E-state index in [1.54, 1.807) is 37.6 Å². The number of nitrogens with one attached hydrogen (secondary N) is 2. The van der Waals surface area contributed by atoms with Crippen molar-refractivity contribution in [3.63, 3.8) is 0 Å². The first-order chi connectivity index (χ1) is 14.6. The van der Waals surface area contributed by atoms with Gasteiger partial charge in [0.2, 0.25) is 5.95 Å². The first-order valence-electron chi connectivity index (χ1n) is 9.66. The number of hydrogen-bond acceptors (Lipinski definition) is 6. The molecule has 2 amide bonds. The number of carbonyl (C=O) groups excluding carboxylic acids is 1. The van der Waals surface area contributed by atoms with Crippen molar-refractivity contribution in [2.24, 2.45) is 0 Å². The van der Waals surface area contributed by atoms with Gasteiger partial charge in [-0.3, -0.25) is 0 Å². The van der Waals surface area contributed by atoms with Gasteiger partial charge in [0.1, 0.15) is 11.6 Å². The summed E-state index contributed by atoms with van der Waals surface area (Å²) in [5.74, 6) is 1.21. The molecule has 8 nitrogen and oxygen atoms in total. The van der Waals surface area contributed by atoms with Crippen molar-refractivity contribution < 1.29 is 9.18 Å². The Hall–Kier alpha value is -3.75. The zero-order chi connectivity index (χ0) is 20.9. The van der Waals surface area contributed by atoms with Gasteiger partial charge in [-0.05, 0) is 31.2 Å². The van der Waals surface area contributed by atoms with Gasteiger partial charge in [0.25, 0.3) is 0 Å². The van der Waals surface area contributed by atoms with E-state index in [1.165, 1.54) is 6.07 Å². The average Bonchev–Trinajstić information content (AvgIpc) is 2.78. The fraction of sp³-hybridized carbons (Fsp3) is 0.238. The highest BCUT2D eigenvalue weighted by atomic mass is 19.1. The smallest absolute Gasteiger partial charge is 0.323 e. The maximum Gasteiger partial charge on any atom is 0.323 e. The number of anilines is 4. The van der Waals surface area contributed by atoms with Crippen LogP contribution in [0.3, 0.4) is 0 Å². The van der Waals surface area contributed by atoms with Crippen LogP contribution in [0.2, 0.25) is 0 Å². The van der Waals surface area contributed by atoms with Crippen LogP contribution in [0, 0.1) is 12.7 Å². The van der Waals surface area contributed by atoms with E-state index in [4.69, 9.17) is 0 Å². The van der Waals surface area contributed by atoms with E-state index >= 15 is 0 Å². The van der Waals surface area contributed by atoms with Crippen molar-refractivity contribution in [2.75, 3.05) is 46.6 Å². The molecule has 0 saturated carbocycles. The fourth-order valence-electron chi connectivity index (χ4n) is 3.25. The second-order valence-electron chi connectivity index (χ2n) is 6.93. The first kappa shape index (κ1) is 19.6. The number of hydrogen-bond donors (Lipinski definition) is 2. The predicted molar refractivity (Wildman–Crippen MR) is 114 cm³/mol. The van der Waals surface area contributed by atoms with E-state index in [2.05, 4.69) is 35.4 Å². The predicted octanol–water partition coefficient (Wildman–Crippen LogP) is 3.29. The van der Waals surface area contributed by atoms with Crippen LogP contribution in [0.25, 0.3) is 0 Å². The van der Waals surface area contributed by atoms with Gasteiger partial charge in [0.15, 0.2) is 0 Å². The summed E-state index contributed by atoms with van der Waals surface area (Å²) < 4.78 is 13.6. The van der Waals surface area contributed by atoms with Crippen LogP contribution in [-0.4, -0.2) is 47.2 Å². The number of halogens is 1. The van der Waals surface area contributed by atoms with Crippen molar-refractivity contribution in [3.05, 3.63) is 66.4 Å². The lowest BCUT2D eigenvalue weighted by Gasteiger charge is -2.35. The number of benzene rings is 1. The van der Waals surface area contributed by atoms with Gasteiger partial charge in [-0.2, -0.15) is 0 Å². The Morgan fingerprint density at radius 1 is 0.933 bits per heavy atom. The summed E-state index contributed by atoms with van der Waals surface area (Å²) in [6.45, 7) is 4.83. The molecule has 9 heteroatoms. The van der Waals surface area contributed by atoms with Gasteiger partial charge >= 0.3 is 6.03 Å². The molecule has 3 aromatic rings. The molecule has 1 aliphatic rings. The summed E-state index contributed by atoms with van der Waals surface area (Å²) in [5.41, 5.74) is 1.25. The minimum absolute atomic E-state index is 0.372. The lowest BCUT2D eigenvalue weighted by Crippen LogP contribution is -2.47. The van der Waals surface area contributed by atoms with Gasteiger partial charge < -0.3 is 20.4 Å². The molecule has 0 spiro atoms. The second-order valence-corrected chi connectivity index (χ2v) is 6.93. The number of aromatic nitrogens is 3. The maximum absolute atomic E-state index is 13.6. The summed E-state index contributed by atoms with van der Waals surface area (Å²) in [7, 11) is 0. The molecule has 2 N–H and O–H groups in total. The quantitative estimate of drug-likeness (QED) is 0.690. The topological polar surface area (TPSA) is 86.3 Å². The highest BCUT2D eigenvalue weighted by Gasteiger charge is 2.19. The SMILES string of the molecule is Cc1c(F)cccc1NC(=O)Nc1cnc(N2CCN(c3ccccn3)CC2)nc1. The monoisotopic (exact) mass is 407 g/mol. The molecule has 1 aromatic carbocycles.